The highest BCUT2D eigenvalue weighted by atomic mass is 35.5. The molecule has 2 heterocycles. The van der Waals surface area contributed by atoms with Gasteiger partial charge in [0.25, 0.3) is 0 Å². The largest absolute Gasteiger partial charge is 0.342 e. The first-order chi connectivity index (χ1) is 15.9. The summed E-state index contributed by atoms with van der Waals surface area (Å²) in [5.41, 5.74) is 5.53. The van der Waals surface area contributed by atoms with Crippen LogP contribution in [0.2, 0.25) is 5.02 Å². The standard InChI is InChI=1S/C24H27ClN4O3S/c1-2-33(31,32)29-13-7-9-19(17-29)24(30)27-26-14-20-16-28(23-12-6-4-10-21(20)23)15-18-8-3-5-11-22(18)25/h3-6,8,10-12,14,16,19H,2,7,9,13,15,17H2,1H3,(H,27,30)/b26-14-/t19-/m0/s1. The molecule has 0 aliphatic carbocycles. The number of hydrogen-bond donors (Lipinski definition) is 1. The van der Waals surface area contributed by atoms with E-state index in [0.29, 0.717) is 31.0 Å². The van der Waals surface area contributed by atoms with Crippen LogP contribution in [0.4, 0.5) is 0 Å². The number of hydrogen-bond acceptors (Lipinski definition) is 4. The summed E-state index contributed by atoms with van der Waals surface area (Å²) >= 11 is 6.34. The zero-order valence-corrected chi connectivity index (χ0v) is 20.0. The van der Waals surface area contributed by atoms with Gasteiger partial charge < -0.3 is 4.57 Å². The van der Waals surface area contributed by atoms with Crippen molar-refractivity contribution in [3.05, 3.63) is 70.9 Å². The minimum absolute atomic E-state index is 0.0394. The molecule has 1 N–H and O–H groups in total. The summed E-state index contributed by atoms with van der Waals surface area (Å²) in [6.45, 7) is 2.90. The summed E-state index contributed by atoms with van der Waals surface area (Å²) in [6, 6.07) is 15.7. The maximum absolute atomic E-state index is 12.6. The number of amides is 1. The van der Waals surface area contributed by atoms with Crippen LogP contribution >= 0.6 is 11.6 Å². The number of hydrazone groups is 1. The third-order valence-corrected chi connectivity index (χ3v) is 8.23. The van der Waals surface area contributed by atoms with E-state index < -0.39 is 15.9 Å². The van der Waals surface area contributed by atoms with Gasteiger partial charge in [0.05, 0.1) is 17.9 Å². The lowest BCUT2D eigenvalue weighted by Crippen LogP contribution is -2.45. The second-order valence-electron chi connectivity index (χ2n) is 8.15. The molecule has 174 valence electrons. The third-order valence-electron chi connectivity index (χ3n) is 6.01. The van der Waals surface area contributed by atoms with Gasteiger partial charge in [0.1, 0.15) is 0 Å². The smallest absolute Gasteiger partial charge is 0.244 e. The summed E-state index contributed by atoms with van der Waals surface area (Å²) in [7, 11) is -3.30. The molecule has 4 rings (SSSR count). The quantitative estimate of drug-likeness (QED) is 0.406. The van der Waals surface area contributed by atoms with Gasteiger partial charge in [-0.3, -0.25) is 4.79 Å². The van der Waals surface area contributed by atoms with E-state index in [-0.39, 0.29) is 18.2 Å². The number of sulfonamides is 1. The lowest BCUT2D eigenvalue weighted by molar-refractivity contribution is -0.126. The molecule has 0 radical (unpaired) electrons. The number of aromatic nitrogens is 1. The molecule has 1 aromatic heterocycles. The van der Waals surface area contributed by atoms with E-state index in [0.717, 1.165) is 22.0 Å². The van der Waals surface area contributed by atoms with Gasteiger partial charge in [-0.1, -0.05) is 48.0 Å². The Hall–Kier alpha value is -2.68. The van der Waals surface area contributed by atoms with Crippen molar-refractivity contribution in [3.63, 3.8) is 0 Å². The zero-order valence-electron chi connectivity index (χ0n) is 18.4. The molecule has 9 heteroatoms. The SMILES string of the molecule is CCS(=O)(=O)N1CCC[C@H](C(=O)N/N=C\c2cn(Cc3ccccc3Cl)c3ccccc23)C1. The Labute approximate surface area is 199 Å². The molecule has 0 unspecified atom stereocenters. The molecular weight excluding hydrogens is 460 g/mol. The molecule has 1 fully saturated rings. The lowest BCUT2D eigenvalue weighted by atomic mass is 9.99. The first-order valence-electron chi connectivity index (χ1n) is 11.0. The summed E-state index contributed by atoms with van der Waals surface area (Å²) in [4.78, 5) is 12.6. The molecule has 1 aliphatic heterocycles. The molecule has 0 spiro atoms. The molecule has 1 atom stereocenters. The Morgan fingerprint density at radius 3 is 2.76 bits per heavy atom. The van der Waals surface area contributed by atoms with Crippen molar-refractivity contribution in [1.29, 1.82) is 0 Å². The van der Waals surface area contributed by atoms with Crippen molar-refractivity contribution in [1.82, 2.24) is 14.3 Å². The Morgan fingerprint density at radius 2 is 1.97 bits per heavy atom. The van der Waals surface area contributed by atoms with Crippen molar-refractivity contribution in [2.45, 2.75) is 26.3 Å². The van der Waals surface area contributed by atoms with Crippen molar-refractivity contribution in [3.8, 4) is 0 Å². The number of benzene rings is 2. The molecule has 1 aliphatic rings. The Morgan fingerprint density at radius 1 is 1.21 bits per heavy atom. The van der Waals surface area contributed by atoms with E-state index in [4.69, 9.17) is 11.6 Å². The second-order valence-corrected chi connectivity index (χ2v) is 10.8. The molecule has 1 amide bonds. The van der Waals surface area contributed by atoms with Gasteiger partial charge in [-0.05, 0) is 37.5 Å². The van der Waals surface area contributed by atoms with Gasteiger partial charge >= 0.3 is 0 Å². The Balaban J connectivity index is 1.48. The normalized spacial score (nSPS) is 17.6. The molecule has 0 saturated carbocycles. The minimum atomic E-state index is -3.30. The van der Waals surface area contributed by atoms with Crippen LogP contribution in [0.1, 0.15) is 30.9 Å². The number of fused-ring (bicyclic) bond motifs is 1. The monoisotopic (exact) mass is 486 g/mol. The fraction of sp³-hybridized carbons (Fsp3) is 0.333. The molecule has 3 aromatic rings. The Bertz CT molecular complexity index is 1290. The van der Waals surface area contributed by atoms with Crippen LogP contribution in [0.25, 0.3) is 10.9 Å². The maximum Gasteiger partial charge on any atom is 0.244 e. The van der Waals surface area contributed by atoms with Crippen molar-refractivity contribution >= 4 is 44.6 Å². The predicted octanol–water partition coefficient (Wildman–Crippen LogP) is 3.85. The zero-order chi connectivity index (χ0) is 23.4. The van der Waals surface area contributed by atoms with Gasteiger partial charge in [0.15, 0.2) is 0 Å². The van der Waals surface area contributed by atoms with E-state index in [2.05, 4.69) is 15.1 Å². The van der Waals surface area contributed by atoms with Crippen LogP contribution in [-0.4, -0.2) is 48.3 Å². The van der Waals surface area contributed by atoms with Crippen LogP contribution in [0.15, 0.2) is 59.8 Å². The minimum Gasteiger partial charge on any atom is -0.342 e. The molecular formula is C24H27ClN4O3S. The van der Waals surface area contributed by atoms with Crippen molar-refractivity contribution < 1.29 is 13.2 Å². The number of para-hydroxylation sites is 1. The fourth-order valence-corrected chi connectivity index (χ4v) is 5.54. The van der Waals surface area contributed by atoms with E-state index in [1.807, 2.05) is 54.7 Å². The third kappa shape index (κ3) is 5.29. The number of nitrogens with zero attached hydrogens (tertiary/aromatic N) is 3. The summed E-state index contributed by atoms with van der Waals surface area (Å²) in [5.74, 6) is -0.626. The highest BCUT2D eigenvalue weighted by molar-refractivity contribution is 7.89. The van der Waals surface area contributed by atoms with Crippen LogP contribution in [0.5, 0.6) is 0 Å². The first kappa shape index (κ1) is 23.5. The van der Waals surface area contributed by atoms with Crippen molar-refractivity contribution in [2.24, 2.45) is 11.0 Å². The van der Waals surface area contributed by atoms with Crippen LogP contribution in [-0.2, 0) is 21.4 Å². The summed E-state index contributed by atoms with van der Waals surface area (Å²) in [5, 5.41) is 5.91. The molecule has 7 nitrogen and oxygen atoms in total. The first-order valence-corrected chi connectivity index (χ1v) is 13.0. The number of piperidine rings is 1. The highest BCUT2D eigenvalue weighted by Crippen LogP contribution is 2.24. The Kier molecular flexibility index (Phi) is 7.17. The molecule has 0 bridgehead atoms. The van der Waals surface area contributed by atoms with Gasteiger partial charge in [-0.25, -0.2) is 18.1 Å². The number of carbonyl (C=O) groups is 1. The van der Waals surface area contributed by atoms with Crippen molar-refractivity contribution in [2.75, 3.05) is 18.8 Å². The van der Waals surface area contributed by atoms with E-state index in [9.17, 15) is 13.2 Å². The number of halogens is 1. The van der Waals surface area contributed by atoms with Crippen LogP contribution in [0.3, 0.4) is 0 Å². The van der Waals surface area contributed by atoms with Crippen LogP contribution < -0.4 is 5.43 Å². The van der Waals surface area contributed by atoms with Gasteiger partial charge in [-0.15, -0.1) is 0 Å². The highest BCUT2D eigenvalue weighted by Gasteiger charge is 2.31. The van der Waals surface area contributed by atoms with Gasteiger partial charge in [0.2, 0.25) is 15.9 Å². The van der Waals surface area contributed by atoms with Gasteiger partial charge in [0, 0.05) is 47.3 Å². The average molecular weight is 487 g/mol. The van der Waals surface area contributed by atoms with E-state index >= 15 is 0 Å². The average Bonchev–Trinajstić information content (AvgIpc) is 3.18. The second kappa shape index (κ2) is 10.1. The summed E-state index contributed by atoms with van der Waals surface area (Å²) < 4.78 is 27.8. The number of nitrogens with one attached hydrogen (secondary N) is 1. The number of carbonyl (C=O) groups excluding carboxylic acids is 1. The van der Waals surface area contributed by atoms with Gasteiger partial charge in [-0.2, -0.15) is 5.10 Å². The topological polar surface area (TPSA) is 83.8 Å². The number of rotatable bonds is 7. The summed E-state index contributed by atoms with van der Waals surface area (Å²) in [6.07, 6.45) is 4.93. The fourth-order valence-electron chi connectivity index (χ4n) is 4.17. The molecule has 2 aromatic carbocycles. The maximum atomic E-state index is 12.6. The van der Waals surface area contributed by atoms with Crippen LogP contribution in [0, 0.1) is 5.92 Å². The molecule has 33 heavy (non-hydrogen) atoms. The lowest BCUT2D eigenvalue weighted by Gasteiger charge is -2.30. The van der Waals surface area contributed by atoms with E-state index in [1.54, 1.807) is 13.1 Å². The van der Waals surface area contributed by atoms with E-state index in [1.165, 1.54) is 4.31 Å². The molecule has 1 saturated heterocycles. The predicted molar refractivity (Wildman–Crippen MR) is 132 cm³/mol.